The number of carbonyl (C=O) groups excluding carboxylic acids is 1. The molecule has 1 aliphatic rings. The van der Waals surface area contributed by atoms with Gasteiger partial charge in [-0.25, -0.2) is 0 Å². The largest absolute Gasteiger partial charge is 0.496 e. The first-order valence-electron chi connectivity index (χ1n) is 7.38. The van der Waals surface area contributed by atoms with E-state index in [1.54, 1.807) is 19.2 Å². The monoisotopic (exact) mass is 378 g/mol. The molecule has 3 rings (SSSR count). The topological polar surface area (TPSA) is 44.8 Å². The van der Waals surface area contributed by atoms with Crippen LogP contribution in [0, 0.1) is 0 Å². The molecule has 0 saturated carbocycles. The highest BCUT2D eigenvalue weighted by atomic mass is 79.9. The van der Waals surface area contributed by atoms with Gasteiger partial charge in [-0.1, -0.05) is 29.8 Å². The highest BCUT2D eigenvalue weighted by Crippen LogP contribution is 2.41. The number of carbonyl (C=O) groups is 1. The van der Waals surface area contributed by atoms with Gasteiger partial charge in [0.15, 0.2) is 5.78 Å². The van der Waals surface area contributed by atoms with Crippen molar-refractivity contribution >= 4 is 21.7 Å². The summed E-state index contributed by atoms with van der Waals surface area (Å²) in [6.07, 6.45) is 0.268. The Morgan fingerprint density at radius 2 is 1.78 bits per heavy atom. The maximum Gasteiger partial charge on any atom is 0.174 e. The Kier molecular flexibility index (Phi) is 5.66. The van der Waals surface area contributed by atoms with Crippen molar-refractivity contribution in [1.82, 2.24) is 0 Å². The molecule has 122 valence electrons. The van der Waals surface area contributed by atoms with Crippen LogP contribution in [0.3, 0.4) is 0 Å². The number of fused-ring (bicyclic) bond motifs is 2. The zero-order chi connectivity index (χ0) is 17.0. The Hall–Kier alpha value is -2.01. The summed E-state index contributed by atoms with van der Waals surface area (Å²) in [5, 5.41) is 0. The summed E-state index contributed by atoms with van der Waals surface area (Å²) in [5.41, 5.74) is 1.29. The Morgan fingerprint density at radius 1 is 1.04 bits per heavy atom. The van der Waals surface area contributed by atoms with E-state index in [-0.39, 0.29) is 12.2 Å². The summed E-state index contributed by atoms with van der Waals surface area (Å²) >= 11 is 3.41. The predicted octanol–water partition coefficient (Wildman–Crippen LogP) is 5.02. The molecule has 2 aromatic carbocycles. The van der Waals surface area contributed by atoms with Crippen LogP contribution in [0.1, 0.15) is 29.8 Å². The average molecular weight is 379 g/mol. The molecule has 0 atom stereocenters. The molecule has 0 aliphatic carbocycles. The van der Waals surface area contributed by atoms with E-state index in [9.17, 15) is 4.79 Å². The predicted molar refractivity (Wildman–Crippen MR) is 93.1 cm³/mol. The van der Waals surface area contributed by atoms with Gasteiger partial charge in [0.2, 0.25) is 0 Å². The van der Waals surface area contributed by atoms with E-state index in [0.717, 1.165) is 10.0 Å². The number of ketones is 1. The molecule has 0 bridgehead atoms. The van der Waals surface area contributed by atoms with Crippen LogP contribution in [0.15, 0.2) is 34.8 Å². The van der Waals surface area contributed by atoms with Crippen molar-refractivity contribution in [2.24, 2.45) is 0 Å². The Morgan fingerprint density at radius 3 is 2.43 bits per heavy atom. The van der Waals surface area contributed by atoms with Gasteiger partial charge in [-0.05, 0) is 18.2 Å². The van der Waals surface area contributed by atoms with Gasteiger partial charge < -0.3 is 14.2 Å². The highest BCUT2D eigenvalue weighted by molar-refractivity contribution is 9.10. The van der Waals surface area contributed by atoms with Crippen LogP contribution in [0.25, 0.3) is 0 Å². The smallest absolute Gasteiger partial charge is 0.174 e. The molecule has 2 aromatic rings. The first kappa shape index (κ1) is 17.3. The van der Waals surface area contributed by atoms with Crippen molar-refractivity contribution in [3.05, 3.63) is 45.9 Å². The summed E-state index contributed by atoms with van der Waals surface area (Å²) in [6, 6.07) is 9.00. The molecule has 0 N–H and O–H groups in total. The fourth-order valence-corrected chi connectivity index (χ4v) is 2.77. The Bertz CT molecular complexity index is 725. The molecule has 0 saturated heterocycles. The second-order valence-electron chi connectivity index (χ2n) is 4.66. The molecule has 0 amide bonds. The average Bonchev–Trinajstić information content (AvgIpc) is 2.71. The number of ether oxygens (including phenoxy) is 3. The molecular weight excluding hydrogens is 360 g/mol. The standard InChI is InChI=1S/C16H13BrO4.C2H6/c1-19-11-7-14(20-2)16-12(18)6-9-5-10(17)3-4-13(9)21-15(16)8-11;1-2/h3-5,7-8H,6H2,1-2H3;1-2H3. The summed E-state index contributed by atoms with van der Waals surface area (Å²) < 4.78 is 17.4. The summed E-state index contributed by atoms with van der Waals surface area (Å²) in [7, 11) is 3.09. The van der Waals surface area contributed by atoms with Gasteiger partial charge in [-0.15, -0.1) is 0 Å². The quantitative estimate of drug-likeness (QED) is 0.735. The van der Waals surface area contributed by atoms with Crippen molar-refractivity contribution in [1.29, 1.82) is 0 Å². The normalized spacial score (nSPS) is 12.0. The van der Waals surface area contributed by atoms with E-state index in [4.69, 9.17) is 14.2 Å². The van der Waals surface area contributed by atoms with Crippen molar-refractivity contribution < 1.29 is 19.0 Å². The van der Waals surface area contributed by atoms with E-state index in [1.165, 1.54) is 7.11 Å². The van der Waals surface area contributed by atoms with Crippen molar-refractivity contribution in [3.63, 3.8) is 0 Å². The molecule has 4 nitrogen and oxygen atoms in total. The van der Waals surface area contributed by atoms with Gasteiger partial charge in [0.1, 0.15) is 28.6 Å². The third kappa shape index (κ3) is 3.50. The molecular formula is C18H19BrO4. The number of halogens is 1. The van der Waals surface area contributed by atoms with Crippen LogP contribution in [-0.4, -0.2) is 20.0 Å². The van der Waals surface area contributed by atoms with Crippen molar-refractivity contribution in [3.8, 4) is 23.0 Å². The van der Waals surface area contributed by atoms with Gasteiger partial charge in [0.05, 0.1) is 14.2 Å². The molecule has 0 unspecified atom stereocenters. The molecule has 0 spiro atoms. The van der Waals surface area contributed by atoms with Crippen LogP contribution < -0.4 is 14.2 Å². The van der Waals surface area contributed by atoms with Crippen molar-refractivity contribution in [2.75, 3.05) is 14.2 Å². The number of methoxy groups -OCH3 is 2. The first-order valence-corrected chi connectivity index (χ1v) is 8.17. The molecule has 23 heavy (non-hydrogen) atoms. The molecule has 0 fully saturated rings. The first-order chi connectivity index (χ1) is 11.1. The second-order valence-corrected chi connectivity index (χ2v) is 5.57. The number of hydrogen-bond acceptors (Lipinski definition) is 4. The number of hydrogen-bond donors (Lipinski definition) is 0. The minimum atomic E-state index is -0.0404. The minimum Gasteiger partial charge on any atom is -0.496 e. The van der Waals surface area contributed by atoms with Gasteiger partial charge in [0, 0.05) is 28.6 Å². The van der Waals surface area contributed by atoms with E-state index < -0.39 is 0 Å². The fourth-order valence-electron chi connectivity index (χ4n) is 2.37. The SMILES string of the molecule is CC.COc1cc(OC)c2c(c1)Oc1ccc(Br)cc1CC2=O. The zero-order valence-corrected chi connectivity index (χ0v) is 15.2. The highest BCUT2D eigenvalue weighted by Gasteiger charge is 2.26. The molecule has 1 heterocycles. The summed E-state index contributed by atoms with van der Waals surface area (Å²) in [6.45, 7) is 4.00. The third-order valence-corrected chi connectivity index (χ3v) is 3.86. The van der Waals surface area contributed by atoms with E-state index in [0.29, 0.717) is 28.6 Å². The fraction of sp³-hybridized carbons (Fsp3) is 0.278. The number of Topliss-reactive ketones (excluding diaryl/α,β-unsaturated/α-hetero) is 1. The lowest BCUT2D eigenvalue weighted by Crippen LogP contribution is -2.05. The minimum absolute atomic E-state index is 0.0404. The van der Waals surface area contributed by atoms with Crippen LogP contribution in [0.5, 0.6) is 23.0 Å². The summed E-state index contributed by atoms with van der Waals surface area (Å²) in [4.78, 5) is 12.5. The lowest BCUT2D eigenvalue weighted by atomic mass is 10.0. The summed E-state index contributed by atoms with van der Waals surface area (Å²) in [5.74, 6) is 2.12. The molecule has 0 radical (unpaired) electrons. The zero-order valence-electron chi connectivity index (χ0n) is 13.6. The van der Waals surface area contributed by atoms with Crippen LogP contribution in [0.2, 0.25) is 0 Å². The van der Waals surface area contributed by atoms with Gasteiger partial charge in [0.25, 0.3) is 0 Å². The van der Waals surface area contributed by atoms with Crippen LogP contribution in [-0.2, 0) is 6.42 Å². The lowest BCUT2D eigenvalue weighted by Gasteiger charge is -2.13. The molecule has 5 heteroatoms. The second kappa shape index (κ2) is 7.51. The number of benzene rings is 2. The van der Waals surface area contributed by atoms with Gasteiger partial charge in [-0.3, -0.25) is 4.79 Å². The van der Waals surface area contributed by atoms with Crippen LogP contribution >= 0.6 is 15.9 Å². The van der Waals surface area contributed by atoms with Gasteiger partial charge >= 0.3 is 0 Å². The molecule has 1 aliphatic heterocycles. The van der Waals surface area contributed by atoms with E-state index in [1.807, 2.05) is 32.0 Å². The molecule has 0 aromatic heterocycles. The van der Waals surface area contributed by atoms with Crippen molar-refractivity contribution in [2.45, 2.75) is 20.3 Å². The van der Waals surface area contributed by atoms with E-state index >= 15 is 0 Å². The third-order valence-electron chi connectivity index (χ3n) is 3.37. The van der Waals surface area contributed by atoms with E-state index in [2.05, 4.69) is 15.9 Å². The Labute approximate surface area is 144 Å². The van der Waals surface area contributed by atoms with Gasteiger partial charge in [-0.2, -0.15) is 0 Å². The number of rotatable bonds is 2. The lowest BCUT2D eigenvalue weighted by molar-refractivity contribution is 0.0990. The van der Waals surface area contributed by atoms with Crippen LogP contribution in [0.4, 0.5) is 0 Å². The Balaban J connectivity index is 0.000000924. The maximum atomic E-state index is 12.5. The maximum absolute atomic E-state index is 12.5.